The van der Waals surface area contributed by atoms with E-state index in [-0.39, 0.29) is 5.91 Å². The molecule has 0 bridgehead atoms. The van der Waals surface area contributed by atoms with Gasteiger partial charge in [0.2, 0.25) is 0 Å². The van der Waals surface area contributed by atoms with Crippen LogP contribution >= 0.6 is 0 Å². The third-order valence-electron chi connectivity index (χ3n) is 3.86. The lowest BCUT2D eigenvalue weighted by atomic mass is 9.81. The molecule has 1 aliphatic carbocycles. The first kappa shape index (κ1) is 12.2. The fourth-order valence-electron chi connectivity index (χ4n) is 2.71. The normalized spacial score (nSPS) is 21.9. The lowest BCUT2D eigenvalue weighted by Gasteiger charge is -2.32. The van der Waals surface area contributed by atoms with Gasteiger partial charge in [-0.3, -0.25) is 4.79 Å². The van der Waals surface area contributed by atoms with Crippen molar-refractivity contribution in [3.8, 4) is 0 Å². The lowest BCUT2D eigenvalue weighted by Crippen LogP contribution is -2.42. The Morgan fingerprint density at radius 3 is 2.68 bits per heavy atom. The lowest BCUT2D eigenvalue weighted by molar-refractivity contribution is 0.0937. The maximum Gasteiger partial charge on any atom is 0.251 e. The standard InChI is InChI=1S/C16H18N2O/c17-13-8-11(9-13)10-18-16(19)15-7-3-5-12-4-1-2-6-14(12)15/h1-7,11,13H,8-10,17H2,(H,18,19). The second-order valence-electron chi connectivity index (χ2n) is 5.33. The second-order valence-corrected chi connectivity index (χ2v) is 5.33. The summed E-state index contributed by atoms with van der Waals surface area (Å²) >= 11 is 0. The predicted octanol–water partition coefficient (Wildman–Crippen LogP) is 2.31. The smallest absolute Gasteiger partial charge is 0.251 e. The van der Waals surface area contributed by atoms with Crippen molar-refractivity contribution in [3.05, 3.63) is 48.0 Å². The summed E-state index contributed by atoms with van der Waals surface area (Å²) in [6.45, 7) is 0.732. The maximum atomic E-state index is 12.2. The minimum Gasteiger partial charge on any atom is -0.352 e. The summed E-state index contributed by atoms with van der Waals surface area (Å²) in [5.41, 5.74) is 6.50. The number of fused-ring (bicyclic) bond motifs is 1. The zero-order valence-corrected chi connectivity index (χ0v) is 10.8. The topological polar surface area (TPSA) is 55.1 Å². The van der Waals surface area contributed by atoms with Gasteiger partial charge in [0.05, 0.1) is 0 Å². The summed E-state index contributed by atoms with van der Waals surface area (Å²) in [5.74, 6) is 0.561. The first-order valence-corrected chi connectivity index (χ1v) is 6.75. The number of carbonyl (C=O) groups is 1. The molecule has 0 atom stereocenters. The minimum atomic E-state index is 0.0114. The van der Waals surface area contributed by atoms with Gasteiger partial charge in [-0.15, -0.1) is 0 Å². The Hall–Kier alpha value is -1.87. The van der Waals surface area contributed by atoms with Crippen molar-refractivity contribution < 1.29 is 4.79 Å². The van der Waals surface area contributed by atoms with Crippen LogP contribution in [0.4, 0.5) is 0 Å². The van der Waals surface area contributed by atoms with Crippen LogP contribution in [0.2, 0.25) is 0 Å². The second kappa shape index (κ2) is 5.02. The predicted molar refractivity (Wildman–Crippen MR) is 77.0 cm³/mol. The van der Waals surface area contributed by atoms with E-state index < -0.39 is 0 Å². The molecule has 2 aromatic rings. The summed E-state index contributed by atoms with van der Waals surface area (Å²) in [6, 6.07) is 14.1. The quantitative estimate of drug-likeness (QED) is 0.883. The van der Waals surface area contributed by atoms with Crippen LogP contribution in [0.25, 0.3) is 10.8 Å². The van der Waals surface area contributed by atoms with Crippen molar-refractivity contribution in [1.29, 1.82) is 0 Å². The average Bonchev–Trinajstić information content (AvgIpc) is 2.41. The van der Waals surface area contributed by atoms with E-state index in [1.54, 1.807) is 0 Å². The monoisotopic (exact) mass is 254 g/mol. The first-order valence-electron chi connectivity index (χ1n) is 6.75. The summed E-state index contributed by atoms with van der Waals surface area (Å²) in [5, 5.41) is 5.12. The van der Waals surface area contributed by atoms with Gasteiger partial charge in [0, 0.05) is 18.2 Å². The molecular formula is C16H18N2O. The van der Waals surface area contributed by atoms with Gasteiger partial charge in [-0.1, -0.05) is 36.4 Å². The van der Waals surface area contributed by atoms with Crippen LogP contribution in [0.1, 0.15) is 23.2 Å². The van der Waals surface area contributed by atoms with Gasteiger partial charge < -0.3 is 11.1 Å². The van der Waals surface area contributed by atoms with E-state index in [1.165, 1.54) is 0 Å². The Morgan fingerprint density at radius 2 is 1.89 bits per heavy atom. The highest BCUT2D eigenvalue weighted by Crippen LogP contribution is 2.25. The van der Waals surface area contributed by atoms with E-state index >= 15 is 0 Å². The van der Waals surface area contributed by atoms with Crippen LogP contribution in [-0.2, 0) is 0 Å². The number of nitrogens with two attached hydrogens (primary N) is 1. The molecule has 0 unspecified atom stereocenters. The Balaban J connectivity index is 1.74. The molecule has 2 aromatic carbocycles. The van der Waals surface area contributed by atoms with Crippen molar-refractivity contribution >= 4 is 16.7 Å². The molecule has 3 N–H and O–H groups in total. The molecule has 3 nitrogen and oxygen atoms in total. The summed E-state index contributed by atoms with van der Waals surface area (Å²) < 4.78 is 0. The van der Waals surface area contributed by atoms with Gasteiger partial charge in [-0.05, 0) is 35.6 Å². The zero-order chi connectivity index (χ0) is 13.2. The Labute approximate surface area is 112 Å². The molecule has 1 saturated carbocycles. The Kier molecular flexibility index (Phi) is 3.22. The number of rotatable bonds is 3. The van der Waals surface area contributed by atoms with Crippen LogP contribution in [0.3, 0.4) is 0 Å². The molecule has 0 saturated heterocycles. The SMILES string of the molecule is NC1CC(CNC(=O)c2cccc3ccccc23)C1. The molecule has 0 heterocycles. The number of hydrogen-bond acceptors (Lipinski definition) is 2. The molecular weight excluding hydrogens is 236 g/mol. The molecule has 98 valence electrons. The first-order chi connectivity index (χ1) is 9.24. The van der Waals surface area contributed by atoms with E-state index in [0.717, 1.165) is 35.7 Å². The van der Waals surface area contributed by atoms with E-state index in [9.17, 15) is 4.79 Å². The van der Waals surface area contributed by atoms with Gasteiger partial charge >= 0.3 is 0 Å². The molecule has 0 aromatic heterocycles. The number of hydrogen-bond donors (Lipinski definition) is 2. The molecule has 1 amide bonds. The van der Waals surface area contributed by atoms with Crippen LogP contribution < -0.4 is 11.1 Å². The van der Waals surface area contributed by atoms with Crippen LogP contribution in [-0.4, -0.2) is 18.5 Å². The Bertz CT molecular complexity index is 597. The number of nitrogens with one attached hydrogen (secondary N) is 1. The van der Waals surface area contributed by atoms with E-state index in [0.29, 0.717) is 12.0 Å². The van der Waals surface area contributed by atoms with Crippen molar-refractivity contribution in [2.45, 2.75) is 18.9 Å². The van der Waals surface area contributed by atoms with E-state index in [2.05, 4.69) is 5.32 Å². The Morgan fingerprint density at radius 1 is 1.16 bits per heavy atom. The molecule has 0 aliphatic heterocycles. The van der Waals surface area contributed by atoms with Crippen molar-refractivity contribution in [3.63, 3.8) is 0 Å². The summed E-state index contributed by atoms with van der Waals surface area (Å²) in [7, 11) is 0. The van der Waals surface area contributed by atoms with Gasteiger partial charge in [0.25, 0.3) is 5.91 Å². The number of amides is 1. The van der Waals surface area contributed by atoms with Gasteiger partial charge in [0.15, 0.2) is 0 Å². The van der Waals surface area contributed by atoms with E-state index in [1.807, 2.05) is 42.5 Å². The highest BCUT2D eigenvalue weighted by atomic mass is 16.1. The zero-order valence-electron chi connectivity index (χ0n) is 10.8. The molecule has 3 heteroatoms. The number of carbonyl (C=O) groups excluding carboxylic acids is 1. The van der Waals surface area contributed by atoms with Crippen LogP contribution in [0.15, 0.2) is 42.5 Å². The van der Waals surface area contributed by atoms with Crippen LogP contribution in [0.5, 0.6) is 0 Å². The van der Waals surface area contributed by atoms with Crippen molar-refractivity contribution in [1.82, 2.24) is 5.32 Å². The van der Waals surface area contributed by atoms with Gasteiger partial charge in [-0.25, -0.2) is 0 Å². The molecule has 0 radical (unpaired) electrons. The average molecular weight is 254 g/mol. The number of benzene rings is 2. The molecule has 0 spiro atoms. The van der Waals surface area contributed by atoms with Gasteiger partial charge in [-0.2, -0.15) is 0 Å². The van der Waals surface area contributed by atoms with Gasteiger partial charge in [0.1, 0.15) is 0 Å². The van der Waals surface area contributed by atoms with Crippen LogP contribution in [0, 0.1) is 5.92 Å². The molecule has 1 fully saturated rings. The molecule has 19 heavy (non-hydrogen) atoms. The fraction of sp³-hybridized carbons (Fsp3) is 0.312. The highest BCUT2D eigenvalue weighted by Gasteiger charge is 2.26. The van der Waals surface area contributed by atoms with Crippen molar-refractivity contribution in [2.24, 2.45) is 11.7 Å². The third kappa shape index (κ3) is 2.47. The summed E-state index contributed by atoms with van der Waals surface area (Å²) in [6.07, 6.45) is 2.05. The summed E-state index contributed by atoms with van der Waals surface area (Å²) in [4.78, 5) is 12.2. The highest BCUT2D eigenvalue weighted by molar-refractivity contribution is 6.06. The fourth-order valence-corrected chi connectivity index (χ4v) is 2.71. The maximum absolute atomic E-state index is 12.2. The third-order valence-corrected chi connectivity index (χ3v) is 3.86. The van der Waals surface area contributed by atoms with Crippen molar-refractivity contribution in [2.75, 3.05) is 6.54 Å². The van der Waals surface area contributed by atoms with E-state index in [4.69, 9.17) is 5.73 Å². The molecule has 1 aliphatic rings. The largest absolute Gasteiger partial charge is 0.352 e. The molecule has 3 rings (SSSR count). The minimum absolute atomic E-state index is 0.0114.